The summed E-state index contributed by atoms with van der Waals surface area (Å²) in [5, 5.41) is 11.9. The summed E-state index contributed by atoms with van der Waals surface area (Å²) in [7, 11) is 0. The highest BCUT2D eigenvalue weighted by Gasteiger charge is 2.29. The number of ether oxygens (including phenoxy) is 1. The van der Waals surface area contributed by atoms with Crippen molar-refractivity contribution in [3.05, 3.63) is 51.6 Å². The van der Waals surface area contributed by atoms with Gasteiger partial charge in [0.25, 0.3) is 5.91 Å². The molecule has 2 atom stereocenters. The van der Waals surface area contributed by atoms with Gasteiger partial charge in [-0.05, 0) is 30.4 Å². The van der Waals surface area contributed by atoms with Gasteiger partial charge in [-0.15, -0.1) is 11.3 Å². The Bertz CT molecular complexity index is 988. The first-order valence-corrected chi connectivity index (χ1v) is 11.1. The minimum absolute atomic E-state index is 0.0399. The van der Waals surface area contributed by atoms with Crippen molar-refractivity contribution in [3.8, 4) is 0 Å². The molecule has 2 aromatic heterocycles. The maximum atomic E-state index is 13.0. The van der Waals surface area contributed by atoms with Crippen molar-refractivity contribution < 1.29 is 14.6 Å². The van der Waals surface area contributed by atoms with Crippen LogP contribution in [0.4, 0.5) is 0 Å². The second kappa shape index (κ2) is 7.89. The van der Waals surface area contributed by atoms with E-state index >= 15 is 0 Å². The number of hydrogen-bond donors (Lipinski definition) is 2. The molecule has 2 N–H and O–H groups in total. The van der Waals surface area contributed by atoms with Crippen LogP contribution in [0.2, 0.25) is 0 Å². The lowest BCUT2D eigenvalue weighted by Gasteiger charge is -2.25. The number of benzene rings is 1. The lowest BCUT2D eigenvalue weighted by Crippen LogP contribution is -2.35. The van der Waals surface area contributed by atoms with E-state index in [1.807, 2.05) is 35.2 Å². The number of H-pyrrole nitrogens is 1. The lowest BCUT2D eigenvalue weighted by atomic mass is 9.90. The van der Waals surface area contributed by atoms with Crippen LogP contribution in [0.3, 0.4) is 0 Å². The minimum atomic E-state index is 0.0399. The summed E-state index contributed by atoms with van der Waals surface area (Å²) < 4.78 is 5.49. The van der Waals surface area contributed by atoms with Gasteiger partial charge < -0.3 is 19.7 Å². The summed E-state index contributed by atoms with van der Waals surface area (Å²) in [6, 6.07) is 9.88. The minimum Gasteiger partial charge on any atom is -0.396 e. The smallest absolute Gasteiger partial charge is 0.270 e. The molecule has 1 aromatic carbocycles. The van der Waals surface area contributed by atoms with Gasteiger partial charge in [0.2, 0.25) is 0 Å². The summed E-state index contributed by atoms with van der Waals surface area (Å²) in [4.78, 5) is 24.2. The maximum Gasteiger partial charge on any atom is 0.270 e. The molecule has 152 valence electrons. The molecule has 7 heteroatoms. The van der Waals surface area contributed by atoms with Crippen molar-refractivity contribution in [1.82, 2.24) is 14.9 Å². The van der Waals surface area contributed by atoms with Gasteiger partial charge >= 0.3 is 0 Å². The van der Waals surface area contributed by atoms with E-state index in [1.54, 1.807) is 11.3 Å². The average Bonchev–Trinajstić information content (AvgIpc) is 3.49. The highest BCUT2D eigenvalue weighted by atomic mass is 32.1. The molecule has 0 bridgehead atoms. The van der Waals surface area contributed by atoms with Crippen LogP contribution in [-0.4, -0.2) is 52.2 Å². The first kappa shape index (κ1) is 18.8. The largest absolute Gasteiger partial charge is 0.396 e. The fraction of sp³-hybridized carbons (Fsp3) is 0.455. The lowest BCUT2D eigenvalue weighted by molar-refractivity contribution is 0.0731. The molecule has 1 fully saturated rings. The van der Waals surface area contributed by atoms with E-state index in [0.717, 1.165) is 54.1 Å². The van der Waals surface area contributed by atoms with Crippen molar-refractivity contribution in [2.45, 2.75) is 25.8 Å². The highest BCUT2D eigenvalue weighted by molar-refractivity contribution is 7.11. The van der Waals surface area contributed by atoms with Gasteiger partial charge in [0.15, 0.2) is 0 Å². The van der Waals surface area contributed by atoms with Gasteiger partial charge in [-0.2, -0.15) is 0 Å². The quantitative estimate of drug-likeness (QED) is 0.677. The number of carbonyl (C=O) groups is 1. The number of amides is 1. The van der Waals surface area contributed by atoms with E-state index in [-0.39, 0.29) is 18.4 Å². The SMILES string of the molecule is O=C(c1cc2ccccc2[nH]1)N1CCc2nc(CC(CO)C3CCOC3)sc2C1. The number of carbonyl (C=O) groups excluding carboxylic acids is 1. The van der Waals surface area contributed by atoms with Crippen LogP contribution in [0.5, 0.6) is 0 Å². The normalized spacial score (nSPS) is 20.2. The van der Waals surface area contributed by atoms with Crippen LogP contribution in [0.1, 0.15) is 32.5 Å². The van der Waals surface area contributed by atoms with Crippen LogP contribution < -0.4 is 0 Å². The van der Waals surface area contributed by atoms with E-state index < -0.39 is 0 Å². The molecule has 3 aromatic rings. The van der Waals surface area contributed by atoms with Crippen LogP contribution in [0, 0.1) is 11.8 Å². The molecule has 4 heterocycles. The molecule has 0 saturated carbocycles. The zero-order valence-electron chi connectivity index (χ0n) is 16.3. The van der Waals surface area contributed by atoms with Gasteiger partial charge in [-0.25, -0.2) is 4.98 Å². The summed E-state index contributed by atoms with van der Waals surface area (Å²) >= 11 is 1.69. The Hall–Kier alpha value is -2.22. The Morgan fingerprint density at radius 3 is 3.10 bits per heavy atom. The third-order valence-electron chi connectivity index (χ3n) is 6.13. The number of aromatic amines is 1. The Labute approximate surface area is 173 Å². The number of nitrogens with zero attached hydrogens (tertiary/aromatic N) is 2. The second-order valence-electron chi connectivity index (χ2n) is 7.99. The fourth-order valence-electron chi connectivity index (χ4n) is 4.40. The molecule has 0 spiro atoms. The molecular weight excluding hydrogens is 386 g/mol. The number of fused-ring (bicyclic) bond motifs is 2. The highest BCUT2D eigenvalue weighted by Crippen LogP contribution is 2.31. The Morgan fingerprint density at radius 2 is 2.31 bits per heavy atom. The molecule has 29 heavy (non-hydrogen) atoms. The van der Waals surface area contributed by atoms with E-state index in [1.165, 1.54) is 4.88 Å². The molecule has 2 aliphatic heterocycles. The molecule has 0 aliphatic carbocycles. The molecule has 1 amide bonds. The number of hydrogen-bond acceptors (Lipinski definition) is 5. The second-order valence-corrected chi connectivity index (χ2v) is 9.16. The third kappa shape index (κ3) is 3.70. The fourth-order valence-corrected chi connectivity index (χ4v) is 5.62. The van der Waals surface area contributed by atoms with Crippen molar-refractivity contribution in [2.75, 3.05) is 26.4 Å². The monoisotopic (exact) mass is 411 g/mol. The van der Waals surface area contributed by atoms with Crippen molar-refractivity contribution in [2.24, 2.45) is 11.8 Å². The molecule has 6 nitrogen and oxygen atoms in total. The van der Waals surface area contributed by atoms with Crippen LogP contribution in [0.25, 0.3) is 10.9 Å². The van der Waals surface area contributed by atoms with E-state index in [2.05, 4.69) is 4.98 Å². The van der Waals surface area contributed by atoms with Crippen molar-refractivity contribution in [1.29, 1.82) is 0 Å². The van der Waals surface area contributed by atoms with Gasteiger partial charge in [0.1, 0.15) is 5.69 Å². The van der Waals surface area contributed by atoms with Crippen LogP contribution in [-0.2, 0) is 24.1 Å². The number of rotatable bonds is 5. The maximum absolute atomic E-state index is 13.0. The number of para-hydroxylation sites is 1. The number of aliphatic hydroxyl groups is 1. The third-order valence-corrected chi connectivity index (χ3v) is 7.23. The molecular formula is C22H25N3O3S. The molecule has 1 saturated heterocycles. The average molecular weight is 412 g/mol. The zero-order valence-corrected chi connectivity index (χ0v) is 17.1. The topological polar surface area (TPSA) is 78.5 Å². The molecule has 2 aliphatic rings. The Morgan fingerprint density at radius 1 is 1.41 bits per heavy atom. The van der Waals surface area contributed by atoms with Crippen molar-refractivity contribution >= 4 is 28.1 Å². The molecule has 2 unspecified atom stereocenters. The summed E-state index contributed by atoms with van der Waals surface area (Å²) in [5.41, 5.74) is 2.74. The first-order valence-electron chi connectivity index (χ1n) is 10.2. The first-order chi connectivity index (χ1) is 14.2. The Balaban J connectivity index is 1.30. The molecule has 5 rings (SSSR count). The Kier molecular flexibility index (Phi) is 5.11. The number of thiazole rings is 1. The number of nitrogens with one attached hydrogen (secondary N) is 1. The van der Waals surface area contributed by atoms with Gasteiger partial charge in [-0.1, -0.05) is 18.2 Å². The molecule has 0 radical (unpaired) electrons. The number of aromatic nitrogens is 2. The summed E-state index contributed by atoms with van der Waals surface area (Å²) in [6.07, 6.45) is 2.59. The van der Waals surface area contributed by atoms with E-state index in [0.29, 0.717) is 24.7 Å². The standard InChI is InChI=1S/C22H25N3O3S/c26-12-16(15-6-8-28-13-15)10-21-24-18-5-7-25(11-20(18)29-21)22(27)19-9-14-3-1-2-4-17(14)23-19/h1-4,9,15-16,23,26H,5-8,10-13H2. The van der Waals surface area contributed by atoms with E-state index in [4.69, 9.17) is 9.72 Å². The predicted molar refractivity (Wildman–Crippen MR) is 112 cm³/mol. The van der Waals surface area contributed by atoms with Crippen LogP contribution in [0.15, 0.2) is 30.3 Å². The van der Waals surface area contributed by atoms with E-state index in [9.17, 15) is 9.90 Å². The summed E-state index contributed by atoms with van der Waals surface area (Å²) in [6.45, 7) is 2.99. The number of aliphatic hydroxyl groups excluding tert-OH is 1. The van der Waals surface area contributed by atoms with Crippen molar-refractivity contribution in [3.63, 3.8) is 0 Å². The van der Waals surface area contributed by atoms with Crippen LogP contribution >= 0.6 is 11.3 Å². The zero-order chi connectivity index (χ0) is 19.8. The predicted octanol–water partition coefficient (Wildman–Crippen LogP) is 3.01. The van der Waals surface area contributed by atoms with Gasteiger partial charge in [-0.3, -0.25) is 4.79 Å². The summed E-state index contributed by atoms with van der Waals surface area (Å²) in [5.74, 6) is 0.661. The van der Waals surface area contributed by atoms with Gasteiger partial charge in [0, 0.05) is 55.0 Å². The van der Waals surface area contributed by atoms with Gasteiger partial charge in [0.05, 0.1) is 17.2 Å².